The van der Waals surface area contributed by atoms with E-state index in [1.807, 2.05) is 6.07 Å². The zero-order chi connectivity index (χ0) is 19.1. The molecule has 0 bridgehead atoms. The second-order valence-corrected chi connectivity index (χ2v) is 7.86. The Bertz CT molecular complexity index is 650. The average molecular weight is 370 g/mol. The van der Waals surface area contributed by atoms with Crippen molar-refractivity contribution in [3.05, 3.63) is 59.1 Å². The van der Waals surface area contributed by atoms with Gasteiger partial charge in [-0.2, -0.15) is 0 Å². The first-order valence-corrected chi connectivity index (χ1v) is 10.6. The third-order valence-electron chi connectivity index (χ3n) is 6.00. The number of fused-ring (bicyclic) bond motifs is 1. The molecule has 1 heterocycles. The lowest BCUT2D eigenvalue weighted by molar-refractivity contribution is 0.113. The molecule has 0 saturated carbocycles. The number of unbranched alkanes of at least 4 members (excludes halogenated alkanes) is 2. The quantitative estimate of drug-likeness (QED) is 0.523. The van der Waals surface area contributed by atoms with Gasteiger partial charge in [0, 0.05) is 19.0 Å². The molecule has 3 heteroatoms. The van der Waals surface area contributed by atoms with Gasteiger partial charge in [0.15, 0.2) is 5.76 Å². The van der Waals surface area contributed by atoms with Crippen LogP contribution in [0.15, 0.2) is 53.5 Å². The Morgan fingerprint density at radius 3 is 2.63 bits per heavy atom. The van der Waals surface area contributed by atoms with Crippen molar-refractivity contribution in [1.29, 1.82) is 0 Å². The van der Waals surface area contributed by atoms with E-state index < -0.39 is 0 Å². The number of allylic oxidation sites excluding steroid dienone is 2. The van der Waals surface area contributed by atoms with Crippen LogP contribution in [0, 0.1) is 5.92 Å². The van der Waals surface area contributed by atoms with E-state index in [4.69, 9.17) is 9.47 Å². The number of hydrogen-bond donors (Lipinski definition) is 0. The third kappa shape index (κ3) is 5.16. The fourth-order valence-corrected chi connectivity index (χ4v) is 4.37. The molecule has 3 rings (SSSR count). The number of benzene rings is 1. The molecule has 2 aliphatic rings. The van der Waals surface area contributed by atoms with E-state index in [1.54, 1.807) is 7.11 Å². The second kappa shape index (κ2) is 9.98. The van der Waals surface area contributed by atoms with Gasteiger partial charge in [-0.25, -0.2) is 0 Å². The Morgan fingerprint density at radius 1 is 1.11 bits per heavy atom. The summed E-state index contributed by atoms with van der Waals surface area (Å²) in [5, 5.41) is 0. The molecular weight excluding hydrogens is 334 g/mol. The summed E-state index contributed by atoms with van der Waals surface area (Å²) in [6, 6.07) is 11.1. The highest BCUT2D eigenvalue weighted by atomic mass is 16.5. The number of nitrogens with zero attached hydrogens (tertiary/aromatic N) is 1. The van der Waals surface area contributed by atoms with E-state index >= 15 is 0 Å². The van der Waals surface area contributed by atoms with Crippen LogP contribution in [0.25, 0.3) is 0 Å². The van der Waals surface area contributed by atoms with Crippen molar-refractivity contribution in [2.75, 3.05) is 20.2 Å². The summed E-state index contributed by atoms with van der Waals surface area (Å²) < 4.78 is 11.9. The van der Waals surface area contributed by atoms with Gasteiger partial charge in [0.1, 0.15) is 12.4 Å². The standard InChI is InChI=1S/C24H35NO2/c1-4-6-10-13-25-17-21-16-23(26-3)24(15-20(21)14-22(25)5-2)27-18-19-11-8-7-9-12-19/h7-9,11-12,16,20,22H,4-6,10,13-15,17-18H2,1-3H3. The molecule has 148 valence electrons. The smallest absolute Gasteiger partial charge is 0.156 e. The van der Waals surface area contributed by atoms with Gasteiger partial charge in [0.2, 0.25) is 0 Å². The third-order valence-corrected chi connectivity index (χ3v) is 6.00. The number of ether oxygens (including phenoxy) is 2. The van der Waals surface area contributed by atoms with Crippen LogP contribution < -0.4 is 0 Å². The minimum Gasteiger partial charge on any atom is -0.493 e. The maximum absolute atomic E-state index is 6.19. The molecule has 1 saturated heterocycles. The molecule has 3 nitrogen and oxygen atoms in total. The van der Waals surface area contributed by atoms with Gasteiger partial charge < -0.3 is 9.47 Å². The van der Waals surface area contributed by atoms with E-state index in [0.717, 1.165) is 24.5 Å². The molecule has 1 aromatic rings. The fraction of sp³-hybridized carbons (Fsp3) is 0.583. The first-order valence-electron chi connectivity index (χ1n) is 10.6. The highest BCUT2D eigenvalue weighted by Gasteiger charge is 2.34. The molecule has 2 atom stereocenters. The van der Waals surface area contributed by atoms with Crippen LogP contribution >= 0.6 is 0 Å². The SMILES string of the molecule is CCCCCN1CC2=CC(OC)=C(OCc3ccccc3)CC2CC1CC. The Kier molecular flexibility index (Phi) is 7.40. The zero-order valence-electron chi connectivity index (χ0n) is 17.2. The Balaban J connectivity index is 1.69. The Morgan fingerprint density at radius 2 is 1.93 bits per heavy atom. The van der Waals surface area contributed by atoms with Gasteiger partial charge in [-0.1, -0.05) is 57.0 Å². The summed E-state index contributed by atoms with van der Waals surface area (Å²) in [5.41, 5.74) is 2.73. The monoisotopic (exact) mass is 369 g/mol. The molecule has 2 unspecified atom stereocenters. The first kappa shape index (κ1) is 20.0. The molecule has 1 fully saturated rings. The molecule has 0 amide bonds. The maximum atomic E-state index is 6.19. The minimum absolute atomic E-state index is 0.599. The lowest BCUT2D eigenvalue weighted by Crippen LogP contribution is -2.44. The Labute approximate surface area is 165 Å². The molecule has 27 heavy (non-hydrogen) atoms. The maximum Gasteiger partial charge on any atom is 0.156 e. The molecule has 0 radical (unpaired) electrons. The zero-order valence-corrected chi connectivity index (χ0v) is 17.2. The fourth-order valence-electron chi connectivity index (χ4n) is 4.37. The largest absolute Gasteiger partial charge is 0.493 e. The van der Waals surface area contributed by atoms with E-state index in [1.165, 1.54) is 49.8 Å². The second-order valence-electron chi connectivity index (χ2n) is 7.86. The van der Waals surface area contributed by atoms with Crippen molar-refractivity contribution in [2.45, 2.75) is 65.0 Å². The van der Waals surface area contributed by atoms with E-state index in [0.29, 0.717) is 18.6 Å². The number of hydrogen-bond acceptors (Lipinski definition) is 3. The molecule has 0 aromatic heterocycles. The summed E-state index contributed by atoms with van der Waals surface area (Å²) in [7, 11) is 1.76. The predicted octanol–water partition coefficient (Wildman–Crippen LogP) is 5.68. The minimum atomic E-state index is 0.599. The summed E-state index contributed by atoms with van der Waals surface area (Å²) in [4.78, 5) is 2.70. The van der Waals surface area contributed by atoms with Gasteiger partial charge in [-0.15, -0.1) is 0 Å². The molecule has 1 aliphatic carbocycles. The van der Waals surface area contributed by atoms with Crippen molar-refractivity contribution in [3.63, 3.8) is 0 Å². The summed E-state index contributed by atoms with van der Waals surface area (Å²) in [5.74, 6) is 2.53. The van der Waals surface area contributed by atoms with Crippen LogP contribution in [-0.2, 0) is 16.1 Å². The molecule has 1 aliphatic heterocycles. The number of methoxy groups -OCH3 is 1. The van der Waals surface area contributed by atoms with Crippen molar-refractivity contribution in [3.8, 4) is 0 Å². The lowest BCUT2D eigenvalue weighted by Gasteiger charge is -2.42. The number of likely N-dealkylation sites (tertiary alicyclic amines) is 1. The first-order chi connectivity index (χ1) is 13.2. The van der Waals surface area contributed by atoms with E-state index in [9.17, 15) is 0 Å². The van der Waals surface area contributed by atoms with Crippen LogP contribution in [0.1, 0.15) is 57.9 Å². The summed E-state index contributed by atoms with van der Waals surface area (Å²) in [6.07, 6.45) is 9.63. The van der Waals surface area contributed by atoms with Crippen LogP contribution in [-0.4, -0.2) is 31.1 Å². The van der Waals surface area contributed by atoms with Crippen LogP contribution in [0.5, 0.6) is 0 Å². The number of piperidine rings is 1. The van der Waals surface area contributed by atoms with Crippen molar-refractivity contribution in [2.24, 2.45) is 5.92 Å². The highest BCUT2D eigenvalue weighted by molar-refractivity contribution is 5.32. The van der Waals surface area contributed by atoms with Crippen molar-refractivity contribution >= 4 is 0 Å². The molecular formula is C24H35NO2. The van der Waals surface area contributed by atoms with Gasteiger partial charge in [0.05, 0.1) is 7.11 Å². The average Bonchev–Trinajstić information content (AvgIpc) is 2.72. The van der Waals surface area contributed by atoms with E-state index in [-0.39, 0.29) is 0 Å². The summed E-state index contributed by atoms with van der Waals surface area (Å²) >= 11 is 0. The molecule has 1 aromatic carbocycles. The van der Waals surface area contributed by atoms with E-state index in [2.05, 4.69) is 49.1 Å². The predicted molar refractivity (Wildman–Crippen MR) is 111 cm³/mol. The topological polar surface area (TPSA) is 21.7 Å². The van der Waals surface area contributed by atoms with Gasteiger partial charge in [0.25, 0.3) is 0 Å². The lowest BCUT2D eigenvalue weighted by atomic mass is 9.80. The number of rotatable bonds is 9. The molecule has 0 N–H and O–H groups in total. The van der Waals surface area contributed by atoms with Crippen LogP contribution in [0.2, 0.25) is 0 Å². The van der Waals surface area contributed by atoms with Gasteiger partial charge in [-0.3, -0.25) is 4.90 Å². The van der Waals surface area contributed by atoms with Crippen LogP contribution in [0.3, 0.4) is 0 Å². The van der Waals surface area contributed by atoms with Crippen molar-refractivity contribution < 1.29 is 9.47 Å². The Hall–Kier alpha value is -1.74. The summed E-state index contributed by atoms with van der Waals surface area (Å²) in [6.45, 7) is 7.53. The highest BCUT2D eigenvalue weighted by Crippen LogP contribution is 2.39. The van der Waals surface area contributed by atoms with Crippen LogP contribution in [0.4, 0.5) is 0 Å². The normalized spacial score (nSPS) is 23.0. The van der Waals surface area contributed by atoms with Gasteiger partial charge >= 0.3 is 0 Å². The molecule has 0 spiro atoms. The van der Waals surface area contributed by atoms with Crippen molar-refractivity contribution in [1.82, 2.24) is 4.90 Å². The van der Waals surface area contributed by atoms with Gasteiger partial charge in [-0.05, 0) is 48.9 Å².